The highest BCUT2D eigenvalue weighted by molar-refractivity contribution is 6.11. The lowest BCUT2D eigenvalue weighted by Crippen LogP contribution is -2.51. The Balaban J connectivity index is 1.04. The van der Waals surface area contributed by atoms with Gasteiger partial charge in [-0.1, -0.05) is 6.07 Å². The van der Waals surface area contributed by atoms with Crippen molar-refractivity contribution >= 4 is 40.1 Å². The predicted molar refractivity (Wildman–Crippen MR) is 197 cm³/mol. The first kappa shape index (κ1) is 35.6. The van der Waals surface area contributed by atoms with Crippen LogP contribution in [0.2, 0.25) is 0 Å². The van der Waals surface area contributed by atoms with Crippen molar-refractivity contribution in [1.82, 2.24) is 20.0 Å². The quantitative estimate of drug-likeness (QED) is 0.192. The van der Waals surface area contributed by atoms with E-state index in [1.54, 1.807) is 0 Å². The fraction of sp³-hybridized carbons (Fsp3) is 0.462. The summed E-state index contributed by atoms with van der Waals surface area (Å²) in [6, 6.07) is 15.5. The number of aromatic nitrogens is 2. The molecule has 11 nitrogen and oxygen atoms in total. The monoisotopic (exact) mass is 715 g/mol. The van der Waals surface area contributed by atoms with Gasteiger partial charge in [-0.3, -0.25) is 14.8 Å². The Bertz CT molecular complexity index is 1890. The van der Waals surface area contributed by atoms with Gasteiger partial charge in [0.25, 0.3) is 5.91 Å². The number of hydrogen-bond acceptors (Lipinski definition) is 8. The topological polar surface area (TPSA) is 115 Å². The highest BCUT2D eigenvalue weighted by atomic mass is 19.1. The summed E-state index contributed by atoms with van der Waals surface area (Å²) >= 11 is 0. The van der Waals surface area contributed by atoms with Gasteiger partial charge in [0.05, 0.1) is 11.1 Å². The molecule has 0 spiro atoms. The molecule has 1 atom stereocenters. The third-order valence-corrected chi connectivity index (χ3v) is 10.0. The van der Waals surface area contributed by atoms with E-state index in [4.69, 9.17) is 9.47 Å². The number of hydrogen-bond donors (Lipinski definition) is 3. The number of carbonyl (C=O) groups is 2. The first-order valence-electron chi connectivity index (χ1n) is 18.2. The van der Waals surface area contributed by atoms with Crippen LogP contribution in [0.1, 0.15) is 61.5 Å². The van der Waals surface area contributed by atoms with E-state index in [1.165, 1.54) is 12.1 Å². The molecule has 52 heavy (non-hydrogen) atoms. The smallest absolute Gasteiger partial charge is 0.410 e. The van der Waals surface area contributed by atoms with Gasteiger partial charge >= 0.3 is 6.09 Å². The highest BCUT2D eigenvalue weighted by Crippen LogP contribution is 2.30. The molecular weight excluding hydrogens is 668 g/mol. The molecule has 4 aromatic rings. The van der Waals surface area contributed by atoms with Crippen molar-refractivity contribution in [2.24, 2.45) is 0 Å². The summed E-state index contributed by atoms with van der Waals surface area (Å²) in [5, 5.41) is 14.7. The van der Waals surface area contributed by atoms with Crippen LogP contribution in [0.4, 0.5) is 30.8 Å². The molecule has 3 aliphatic rings. The van der Waals surface area contributed by atoms with Gasteiger partial charge in [0.2, 0.25) is 0 Å². The second kappa shape index (κ2) is 15.1. The predicted octanol–water partition coefficient (Wildman–Crippen LogP) is 6.41. The van der Waals surface area contributed by atoms with Crippen LogP contribution in [0.5, 0.6) is 0 Å². The molecule has 7 rings (SSSR count). The van der Waals surface area contributed by atoms with Crippen molar-refractivity contribution in [2.75, 3.05) is 68.0 Å². The molecular formula is C39H47F2N7O4. The summed E-state index contributed by atoms with van der Waals surface area (Å²) in [4.78, 5) is 33.2. The van der Waals surface area contributed by atoms with Crippen LogP contribution in [-0.2, 0) is 15.9 Å². The minimum absolute atomic E-state index is 0.170. The number of nitrogens with zero attached hydrogens (tertiary/aromatic N) is 4. The van der Waals surface area contributed by atoms with Crippen molar-refractivity contribution in [3.05, 3.63) is 82.9 Å². The van der Waals surface area contributed by atoms with Gasteiger partial charge in [-0.05, 0) is 100 Å². The number of ether oxygens (including phenoxy) is 2. The van der Waals surface area contributed by atoms with Crippen molar-refractivity contribution in [1.29, 1.82) is 0 Å². The second-order valence-corrected chi connectivity index (χ2v) is 15.0. The lowest BCUT2D eigenvalue weighted by Gasteiger charge is -2.39. The minimum Gasteiger partial charge on any atom is -0.444 e. The van der Waals surface area contributed by atoms with Crippen molar-refractivity contribution < 1.29 is 27.8 Å². The Labute approximate surface area is 302 Å². The summed E-state index contributed by atoms with van der Waals surface area (Å²) < 4.78 is 38.8. The Kier molecular flexibility index (Phi) is 10.3. The number of rotatable bonds is 8. The van der Waals surface area contributed by atoms with Gasteiger partial charge in [-0.15, -0.1) is 0 Å². The summed E-state index contributed by atoms with van der Waals surface area (Å²) in [6.07, 6.45) is 2.69. The molecule has 3 N–H and O–H groups in total. The van der Waals surface area contributed by atoms with Crippen molar-refractivity contribution in [3.8, 4) is 0 Å². The van der Waals surface area contributed by atoms with E-state index in [0.717, 1.165) is 74.0 Å². The van der Waals surface area contributed by atoms with Crippen LogP contribution >= 0.6 is 0 Å². The van der Waals surface area contributed by atoms with E-state index in [0.29, 0.717) is 61.1 Å². The van der Waals surface area contributed by atoms with E-state index < -0.39 is 17.2 Å². The molecule has 13 heteroatoms. The molecule has 1 aromatic heterocycles. The molecule has 1 unspecified atom stereocenters. The van der Waals surface area contributed by atoms with Crippen molar-refractivity contribution in [2.45, 2.75) is 64.1 Å². The number of likely N-dealkylation sites (tertiary alicyclic amines) is 1. The highest BCUT2D eigenvalue weighted by Gasteiger charge is 2.34. The number of halogens is 2. The molecule has 2 amide bonds. The normalized spacial score (nSPS) is 18.9. The number of anilines is 3. The number of H-pyrrole nitrogens is 1. The molecule has 0 saturated carbocycles. The molecule has 3 aliphatic heterocycles. The van der Waals surface area contributed by atoms with Crippen LogP contribution in [0.3, 0.4) is 0 Å². The van der Waals surface area contributed by atoms with Gasteiger partial charge in [0.15, 0.2) is 5.82 Å². The fourth-order valence-corrected chi connectivity index (χ4v) is 7.38. The largest absolute Gasteiger partial charge is 0.444 e. The Hall–Kier alpha value is -4.75. The van der Waals surface area contributed by atoms with Crippen LogP contribution in [0, 0.1) is 11.6 Å². The maximum absolute atomic E-state index is 13.9. The minimum atomic E-state index is -0.622. The number of benzene rings is 3. The van der Waals surface area contributed by atoms with E-state index in [-0.39, 0.29) is 18.0 Å². The average molecular weight is 716 g/mol. The Morgan fingerprint density at radius 3 is 2.40 bits per heavy atom. The maximum atomic E-state index is 13.9. The second-order valence-electron chi connectivity index (χ2n) is 15.0. The fourth-order valence-electron chi connectivity index (χ4n) is 7.38. The zero-order valence-electron chi connectivity index (χ0n) is 30.0. The Morgan fingerprint density at radius 1 is 0.923 bits per heavy atom. The standard InChI is InChI=1S/C39H47F2N7O4/c1-39(2,3)52-38(50)48-11-8-31(24-48)47-14-12-46(13-15-47)30-5-6-32(35(23-30)42-29-9-16-51-17-10-29)37(49)43-36-33-21-25(4-7-34(33)44-45-36)18-26-19-27(40)22-28(41)20-26/h4-7,19-23,29,31,42H,8-18,24H2,1-3H3,(H2,43,44,45,49). The van der Waals surface area contributed by atoms with Crippen LogP contribution in [-0.4, -0.2) is 102 Å². The van der Waals surface area contributed by atoms with Gasteiger partial charge < -0.3 is 29.9 Å². The SMILES string of the molecule is CC(C)(C)OC(=O)N1CCC(N2CCN(c3ccc(C(=O)Nc4n[nH]c5ccc(Cc6cc(F)cc(F)c6)cc45)c(NC4CCOCC4)c3)CC2)C1. The third-order valence-electron chi connectivity index (χ3n) is 10.0. The molecule has 276 valence electrons. The molecule has 0 aliphatic carbocycles. The van der Waals surface area contributed by atoms with Gasteiger partial charge in [0, 0.05) is 87.4 Å². The number of aromatic amines is 1. The number of piperazine rings is 1. The summed E-state index contributed by atoms with van der Waals surface area (Å²) in [7, 11) is 0. The summed E-state index contributed by atoms with van der Waals surface area (Å²) in [5.74, 6) is -1.17. The molecule has 4 heterocycles. The lowest BCUT2D eigenvalue weighted by atomic mass is 10.0. The number of fused-ring (bicyclic) bond motifs is 1. The van der Waals surface area contributed by atoms with Crippen LogP contribution in [0.15, 0.2) is 54.6 Å². The number of nitrogens with one attached hydrogen (secondary N) is 3. The first-order valence-corrected chi connectivity index (χ1v) is 18.2. The molecule has 0 bridgehead atoms. The third kappa shape index (κ3) is 8.47. The van der Waals surface area contributed by atoms with E-state index in [1.807, 2.05) is 56.0 Å². The summed E-state index contributed by atoms with van der Waals surface area (Å²) in [6.45, 7) is 11.8. The zero-order chi connectivity index (χ0) is 36.4. The maximum Gasteiger partial charge on any atom is 0.410 e. The van der Waals surface area contributed by atoms with E-state index in [9.17, 15) is 18.4 Å². The molecule has 0 radical (unpaired) electrons. The number of amides is 2. The number of carbonyl (C=O) groups excluding carboxylic acids is 2. The zero-order valence-corrected chi connectivity index (χ0v) is 30.0. The molecule has 3 fully saturated rings. The summed E-state index contributed by atoms with van der Waals surface area (Å²) in [5.41, 5.74) is 3.86. The molecule has 3 aromatic carbocycles. The van der Waals surface area contributed by atoms with Gasteiger partial charge in [0.1, 0.15) is 17.2 Å². The van der Waals surface area contributed by atoms with Crippen LogP contribution in [0.25, 0.3) is 10.9 Å². The van der Waals surface area contributed by atoms with Gasteiger partial charge in [-0.2, -0.15) is 5.10 Å². The molecule has 3 saturated heterocycles. The average Bonchev–Trinajstić information content (AvgIpc) is 3.76. The Morgan fingerprint density at radius 2 is 1.67 bits per heavy atom. The van der Waals surface area contributed by atoms with E-state index in [2.05, 4.69) is 36.7 Å². The van der Waals surface area contributed by atoms with E-state index >= 15 is 0 Å². The first-order chi connectivity index (χ1) is 25.0. The lowest BCUT2D eigenvalue weighted by molar-refractivity contribution is 0.0279. The van der Waals surface area contributed by atoms with Gasteiger partial charge in [-0.25, -0.2) is 13.6 Å². The van der Waals surface area contributed by atoms with Crippen molar-refractivity contribution in [3.63, 3.8) is 0 Å². The van der Waals surface area contributed by atoms with Crippen LogP contribution < -0.4 is 15.5 Å².